The number of hydrogen-bond donors (Lipinski definition) is 3. The van der Waals surface area contributed by atoms with Gasteiger partial charge in [0.25, 0.3) is 0 Å². The summed E-state index contributed by atoms with van der Waals surface area (Å²) in [5.41, 5.74) is -0.125. The molecule has 9 nitrogen and oxygen atoms in total. The largest absolute Gasteiger partial charge is 0.573 e. The number of benzene rings is 1. The summed E-state index contributed by atoms with van der Waals surface area (Å²) in [5.74, 6) is -0.863. The van der Waals surface area contributed by atoms with E-state index in [-0.39, 0.29) is 5.56 Å². The van der Waals surface area contributed by atoms with E-state index in [0.29, 0.717) is 47.0 Å². The van der Waals surface area contributed by atoms with E-state index in [0.717, 1.165) is 23.5 Å². The van der Waals surface area contributed by atoms with Gasteiger partial charge >= 0.3 is 6.36 Å². The second-order valence-electron chi connectivity index (χ2n) is 9.04. The van der Waals surface area contributed by atoms with E-state index >= 15 is 0 Å². The van der Waals surface area contributed by atoms with Gasteiger partial charge in [0.2, 0.25) is 15.0 Å². The molecule has 1 aromatic carbocycles. The van der Waals surface area contributed by atoms with Crippen LogP contribution < -0.4 is 9.46 Å². The van der Waals surface area contributed by atoms with Crippen molar-refractivity contribution in [2.24, 2.45) is 0 Å². The third-order valence-electron chi connectivity index (χ3n) is 5.65. The second kappa shape index (κ2) is 9.00. The van der Waals surface area contributed by atoms with Crippen LogP contribution in [0.1, 0.15) is 50.2 Å². The molecule has 192 valence electrons. The monoisotopic (exact) mass is 534 g/mol. The van der Waals surface area contributed by atoms with Crippen LogP contribution >= 0.6 is 11.3 Å². The molecule has 1 aliphatic rings. The molecule has 0 atom stereocenters. The number of ether oxygens (including phenoxy) is 1. The molecule has 0 unspecified atom stereocenters. The van der Waals surface area contributed by atoms with Crippen LogP contribution in [0.25, 0.3) is 16.2 Å². The fraction of sp³-hybridized carbons (Fsp3) is 0.524. The lowest BCUT2D eigenvalue weighted by molar-refractivity contribution is -0.275. The van der Waals surface area contributed by atoms with Crippen molar-refractivity contribution in [3.8, 4) is 17.0 Å². The van der Waals surface area contributed by atoms with Gasteiger partial charge in [0, 0.05) is 11.6 Å². The average molecular weight is 535 g/mol. The van der Waals surface area contributed by atoms with Crippen LogP contribution in [0.4, 0.5) is 13.2 Å². The zero-order valence-electron chi connectivity index (χ0n) is 19.1. The standard InChI is InChI=1S/C21H25F3N4O5S2/c1-11-17(28-19(25-11)34-18(26-28)20(2,3)30)12-4-9-15(33-21(22,23)24)16(10-12)35(31,32)27-13-5-7-14(29)8-6-13/h4,9-10,13-14,27,29-30H,5-8H2,1-3H3. The van der Waals surface area contributed by atoms with Crippen LogP contribution in [0, 0.1) is 6.92 Å². The van der Waals surface area contributed by atoms with Crippen LogP contribution in [0.2, 0.25) is 0 Å². The number of imidazole rings is 1. The first kappa shape index (κ1) is 25.8. The van der Waals surface area contributed by atoms with Crippen molar-refractivity contribution in [2.75, 3.05) is 0 Å². The highest BCUT2D eigenvalue weighted by molar-refractivity contribution is 7.89. The van der Waals surface area contributed by atoms with Crippen LogP contribution in [0.15, 0.2) is 23.1 Å². The van der Waals surface area contributed by atoms with Crippen molar-refractivity contribution in [3.05, 3.63) is 28.9 Å². The molecule has 14 heteroatoms. The van der Waals surface area contributed by atoms with Crippen molar-refractivity contribution >= 4 is 26.3 Å². The summed E-state index contributed by atoms with van der Waals surface area (Å²) in [5, 5.41) is 24.7. The van der Waals surface area contributed by atoms with E-state index in [4.69, 9.17) is 0 Å². The number of rotatable bonds is 6. The molecule has 1 aliphatic carbocycles. The van der Waals surface area contributed by atoms with Crippen molar-refractivity contribution in [1.29, 1.82) is 0 Å². The number of aliphatic hydroxyl groups excluding tert-OH is 1. The summed E-state index contributed by atoms with van der Waals surface area (Å²) < 4.78 is 73.5. The van der Waals surface area contributed by atoms with E-state index in [2.05, 4.69) is 19.5 Å². The molecule has 35 heavy (non-hydrogen) atoms. The molecule has 0 aliphatic heterocycles. The Morgan fingerprint density at radius 2 is 1.86 bits per heavy atom. The second-order valence-corrected chi connectivity index (χ2v) is 11.7. The normalized spacial score (nSPS) is 19.9. The highest BCUT2D eigenvalue weighted by Gasteiger charge is 2.35. The number of halogens is 3. The zero-order valence-corrected chi connectivity index (χ0v) is 20.8. The molecule has 0 amide bonds. The van der Waals surface area contributed by atoms with Gasteiger partial charge in [-0.25, -0.2) is 22.6 Å². The number of alkyl halides is 3. The summed E-state index contributed by atoms with van der Waals surface area (Å²) in [6.07, 6.45) is -4.13. The van der Waals surface area contributed by atoms with Gasteiger partial charge in [0.05, 0.1) is 17.5 Å². The van der Waals surface area contributed by atoms with Gasteiger partial charge in [-0.15, -0.1) is 13.2 Å². The topological polar surface area (TPSA) is 126 Å². The van der Waals surface area contributed by atoms with E-state index in [1.165, 1.54) is 10.6 Å². The number of aromatic nitrogens is 3. The quantitative estimate of drug-likeness (QED) is 0.442. The van der Waals surface area contributed by atoms with E-state index in [9.17, 15) is 31.8 Å². The first-order valence-electron chi connectivity index (χ1n) is 10.8. The van der Waals surface area contributed by atoms with Gasteiger partial charge in [0.1, 0.15) is 21.3 Å². The van der Waals surface area contributed by atoms with Crippen LogP contribution in [0.3, 0.4) is 0 Å². The minimum absolute atomic E-state index is 0.261. The number of aryl methyl sites for hydroxylation is 1. The third kappa shape index (κ3) is 5.61. The molecule has 1 fully saturated rings. The number of nitrogens with zero attached hydrogens (tertiary/aromatic N) is 3. The number of hydrogen-bond acceptors (Lipinski definition) is 8. The molecule has 3 aromatic rings. The molecule has 0 saturated heterocycles. The molecule has 4 rings (SSSR count). The maximum atomic E-state index is 13.2. The maximum Gasteiger partial charge on any atom is 0.573 e. The number of aliphatic hydroxyl groups is 2. The minimum Gasteiger partial charge on any atom is -0.404 e. The fourth-order valence-electron chi connectivity index (χ4n) is 3.98. The Morgan fingerprint density at radius 3 is 2.46 bits per heavy atom. The van der Waals surface area contributed by atoms with Crippen molar-refractivity contribution in [2.45, 2.75) is 75.5 Å². The summed E-state index contributed by atoms with van der Waals surface area (Å²) in [6.45, 7) is 4.78. The first-order valence-corrected chi connectivity index (χ1v) is 13.1. The number of sulfonamides is 1. The molecule has 1 saturated carbocycles. The van der Waals surface area contributed by atoms with Crippen molar-refractivity contribution in [3.63, 3.8) is 0 Å². The SMILES string of the molecule is Cc1nc2sc(C(C)(C)O)nn2c1-c1ccc(OC(F)(F)F)c(S(=O)(=O)NC2CCC(O)CC2)c1. The Bertz CT molecular complexity index is 1340. The van der Waals surface area contributed by atoms with E-state index in [1.54, 1.807) is 20.8 Å². The summed E-state index contributed by atoms with van der Waals surface area (Å²) >= 11 is 1.14. The Labute approximate surface area is 203 Å². The predicted molar refractivity (Wildman–Crippen MR) is 122 cm³/mol. The van der Waals surface area contributed by atoms with Gasteiger partial charge in [-0.05, 0) is 64.7 Å². The third-order valence-corrected chi connectivity index (χ3v) is 8.42. The molecular weight excluding hydrogens is 509 g/mol. The lowest BCUT2D eigenvalue weighted by Gasteiger charge is -2.26. The molecule has 0 spiro atoms. The van der Waals surface area contributed by atoms with E-state index < -0.39 is 44.8 Å². The van der Waals surface area contributed by atoms with Gasteiger partial charge in [0.15, 0.2) is 0 Å². The van der Waals surface area contributed by atoms with Gasteiger partial charge in [-0.1, -0.05) is 11.3 Å². The first-order chi connectivity index (χ1) is 16.1. The Hall–Kier alpha value is -2.26. The predicted octanol–water partition coefficient (Wildman–Crippen LogP) is 3.47. The van der Waals surface area contributed by atoms with Gasteiger partial charge in [-0.3, -0.25) is 0 Å². The molecule has 2 aromatic heterocycles. The van der Waals surface area contributed by atoms with E-state index in [1.807, 2.05) is 0 Å². The Morgan fingerprint density at radius 1 is 1.20 bits per heavy atom. The van der Waals surface area contributed by atoms with Gasteiger partial charge < -0.3 is 14.9 Å². The molecule has 2 heterocycles. The highest BCUT2D eigenvalue weighted by Crippen LogP contribution is 2.36. The lowest BCUT2D eigenvalue weighted by atomic mass is 9.94. The lowest BCUT2D eigenvalue weighted by Crippen LogP contribution is -2.38. The summed E-state index contributed by atoms with van der Waals surface area (Å²) in [6, 6.07) is 2.82. The number of fused-ring (bicyclic) bond motifs is 1. The van der Waals surface area contributed by atoms with Crippen LogP contribution in [-0.4, -0.2) is 51.7 Å². The van der Waals surface area contributed by atoms with Crippen LogP contribution in [-0.2, 0) is 15.6 Å². The summed E-state index contributed by atoms with van der Waals surface area (Å²) in [7, 11) is -4.42. The maximum absolute atomic E-state index is 13.2. The Kier molecular flexibility index (Phi) is 6.64. The Balaban J connectivity index is 1.80. The van der Waals surface area contributed by atoms with Crippen molar-refractivity contribution < 1.29 is 36.5 Å². The fourth-order valence-corrected chi connectivity index (χ4v) is 6.38. The highest BCUT2D eigenvalue weighted by atomic mass is 32.2. The number of nitrogens with one attached hydrogen (secondary N) is 1. The molecule has 3 N–H and O–H groups in total. The van der Waals surface area contributed by atoms with Crippen molar-refractivity contribution in [1.82, 2.24) is 19.3 Å². The molecule has 0 radical (unpaired) electrons. The van der Waals surface area contributed by atoms with Gasteiger partial charge in [-0.2, -0.15) is 5.10 Å². The smallest absolute Gasteiger partial charge is 0.404 e. The van der Waals surface area contributed by atoms with Crippen LogP contribution in [0.5, 0.6) is 5.75 Å². The average Bonchev–Trinajstić information content (AvgIpc) is 3.26. The molecular formula is C21H25F3N4O5S2. The zero-order chi connectivity index (χ0) is 25.8. The minimum atomic E-state index is -5.10. The molecule has 0 bridgehead atoms. The summed E-state index contributed by atoms with van der Waals surface area (Å²) in [4.78, 5) is 4.17.